The third-order valence-electron chi connectivity index (χ3n) is 5.86. The van der Waals surface area contributed by atoms with E-state index in [-0.39, 0.29) is 22.7 Å². The van der Waals surface area contributed by atoms with Crippen molar-refractivity contribution in [2.75, 3.05) is 13.7 Å². The molecule has 118 valence electrons. The van der Waals surface area contributed by atoms with Crippen LogP contribution in [0.1, 0.15) is 40.0 Å². The van der Waals surface area contributed by atoms with Crippen molar-refractivity contribution in [1.82, 2.24) is 0 Å². The van der Waals surface area contributed by atoms with Gasteiger partial charge in [-0.25, -0.2) is 4.79 Å². The van der Waals surface area contributed by atoms with Gasteiger partial charge in [0.15, 0.2) is 0 Å². The minimum Gasteiger partial charge on any atom is -0.462 e. The SMILES string of the molecule is C=O.COC1CC(C)(C)C2CC=C3C(=O)OCC3C2(C)C1. The molecule has 4 unspecified atom stereocenters. The highest BCUT2D eigenvalue weighted by molar-refractivity contribution is 5.91. The molecule has 0 aromatic rings. The van der Waals surface area contributed by atoms with Crippen LogP contribution in [0.5, 0.6) is 0 Å². The van der Waals surface area contributed by atoms with Crippen molar-refractivity contribution in [3.63, 3.8) is 0 Å². The molecule has 1 aliphatic heterocycles. The van der Waals surface area contributed by atoms with Gasteiger partial charge in [0.25, 0.3) is 0 Å². The van der Waals surface area contributed by atoms with Crippen LogP contribution in [0.25, 0.3) is 0 Å². The second kappa shape index (κ2) is 5.56. The van der Waals surface area contributed by atoms with Gasteiger partial charge in [-0.2, -0.15) is 0 Å². The van der Waals surface area contributed by atoms with Crippen LogP contribution in [-0.4, -0.2) is 32.6 Å². The van der Waals surface area contributed by atoms with Crippen LogP contribution in [-0.2, 0) is 19.1 Å². The number of hydrogen-bond acceptors (Lipinski definition) is 4. The van der Waals surface area contributed by atoms with Crippen LogP contribution in [0.2, 0.25) is 0 Å². The van der Waals surface area contributed by atoms with Gasteiger partial charge in [0.05, 0.1) is 12.7 Å². The molecule has 0 radical (unpaired) electrons. The van der Waals surface area contributed by atoms with Crippen molar-refractivity contribution < 1.29 is 19.1 Å². The lowest BCUT2D eigenvalue weighted by Crippen LogP contribution is -2.52. The van der Waals surface area contributed by atoms with Crippen molar-refractivity contribution in [3.8, 4) is 0 Å². The molecule has 1 saturated heterocycles. The molecule has 1 heterocycles. The Hall–Kier alpha value is -1.16. The summed E-state index contributed by atoms with van der Waals surface area (Å²) in [4.78, 5) is 19.8. The monoisotopic (exact) mass is 294 g/mol. The van der Waals surface area contributed by atoms with Crippen LogP contribution in [0.15, 0.2) is 11.6 Å². The lowest BCUT2D eigenvalue weighted by atomic mass is 9.48. The van der Waals surface area contributed by atoms with Gasteiger partial charge in [-0.05, 0) is 36.0 Å². The molecule has 0 aromatic heterocycles. The smallest absolute Gasteiger partial charge is 0.334 e. The molecule has 0 spiro atoms. The number of ether oxygens (including phenoxy) is 2. The average molecular weight is 294 g/mol. The zero-order valence-electron chi connectivity index (χ0n) is 13.5. The van der Waals surface area contributed by atoms with E-state index in [4.69, 9.17) is 14.3 Å². The minimum absolute atomic E-state index is 0.0954. The minimum atomic E-state index is -0.0954. The number of rotatable bonds is 1. The Bertz CT molecular complexity index is 454. The van der Waals surface area contributed by atoms with Crippen LogP contribution in [0.4, 0.5) is 0 Å². The lowest BCUT2D eigenvalue weighted by molar-refractivity contribution is -0.135. The number of methoxy groups -OCH3 is 1. The van der Waals surface area contributed by atoms with E-state index in [9.17, 15) is 4.79 Å². The van der Waals surface area contributed by atoms with E-state index < -0.39 is 0 Å². The second-order valence-electron chi connectivity index (χ2n) is 7.36. The quantitative estimate of drug-likeness (QED) is 0.698. The fraction of sp³-hybridized carbons (Fsp3) is 0.765. The molecule has 3 rings (SSSR count). The van der Waals surface area contributed by atoms with E-state index in [0.29, 0.717) is 18.6 Å². The summed E-state index contributed by atoms with van der Waals surface area (Å²) in [5.74, 6) is 0.771. The fourth-order valence-corrected chi connectivity index (χ4v) is 4.96. The number of allylic oxidation sites excluding steroid dienone is 1. The van der Waals surface area contributed by atoms with Crippen LogP contribution in [0.3, 0.4) is 0 Å². The zero-order valence-corrected chi connectivity index (χ0v) is 13.5. The summed E-state index contributed by atoms with van der Waals surface area (Å²) < 4.78 is 11.0. The molecule has 4 nitrogen and oxygen atoms in total. The first kappa shape index (κ1) is 16.2. The molecule has 2 aliphatic carbocycles. The Morgan fingerprint density at radius 2 is 1.95 bits per heavy atom. The Kier molecular flexibility index (Phi) is 4.29. The van der Waals surface area contributed by atoms with Crippen molar-refractivity contribution in [2.45, 2.75) is 46.1 Å². The molecule has 0 N–H and O–H groups in total. The third kappa shape index (κ3) is 2.44. The summed E-state index contributed by atoms with van der Waals surface area (Å²) in [5.41, 5.74) is 1.30. The molecule has 21 heavy (non-hydrogen) atoms. The Labute approximate surface area is 126 Å². The van der Waals surface area contributed by atoms with Gasteiger partial charge in [-0.1, -0.05) is 26.8 Å². The van der Waals surface area contributed by atoms with E-state index in [0.717, 1.165) is 24.8 Å². The molecule has 0 aromatic carbocycles. The highest BCUT2D eigenvalue weighted by Crippen LogP contribution is 2.61. The maximum Gasteiger partial charge on any atom is 0.334 e. The first-order chi connectivity index (χ1) is 9.88. The van der Waals surface area contributed by atoms with Gasteiger partial charge in [-0.3, -0.25) is 0 Å². The van der Waals surface area contributed by atoms with E-state index in [1.165, 1.54) is 0 Å². The molecule has 2 fully saturated rings. The zero-order chi connectivity index (χ0) is 15.8. The number of carbonyl (C=O) groups excluding carboxylic acids is 2. The molecule has 3 aliphatic rings. The highest BCUT2D eigenvalue weighted by Gasteiger charge is 2.57. The molecule has 4 atom stereocenters. The molecule has 4 heteroatoms. The fourth-order valence-electron chi connectivity index (χ4n) is 4.96. The van der Waals surface area contributed by atoms with Crippen LogP contribution >= 0.6 is 0 Å². The number of carbonyl (C=O) groups is 2. The maximum atomic E-state index is 11.8. The Morgan fingerprint density at radius 1 is 1.29 bits per heavy atom. The topological polar surface area (TPSA) is 52.6 Å². The van der Waals surface area contributed by atoms with Crippen molar-refractivity contribution in [2.24, 2.45) is 22.7 Å². The van der Waals surface area contributed by atoms with Crippen molar-refractivity contribution in [3.05, 3.63) is 11.6 Å². The van der Waals surface area contributed by atoms with Gasteiger partial charge in [0.1, 0.15) is 6.79 Å². The lowest BCUT2D eigenvalue weighted by Gasteiger charge is -2.56. The standard InChI is InChI=1S/C16H24O3.CH2O/c1-15(2)7-10(18-4)8-16(3)12-9-19-14(17)11(12)5-6-13(15)16;1-2/h5,10,12-13H,6-9H2,1-4H3;1H2. The Morgan fingerprint density at radius 3 is 2.57 bits per heavy atom. The number of hydrogen-bond donors (Lipinski definition) is 0. The number of cyclic esters (lactones) is 1. The van der Waals surface area contributed by atoms with Gasteiger partial charge >= 0.3 is 5.97 Å². The number of esters is 1. The van der Waals surface area contributed by atoms with E-state index in [1.807, 2.05) is 6.79 Å². The second-order valence-corrected chi connectivity index (χ2v) is 7.36. The van der Waals surface area contributed by atoms with Gasteiger partial charge < -0.3 is 14.3 Å². The normalized spacial score (nSPS) is 40.1. The first-order valence-electron chi connectivity index (χ1n) is 7.57. The van der Waals surface area contributed by atoms with E-state index in [2.05, 4.69) is 26.8 Å². The van der Waals surface area contributed by atoms with E-state index in [1.54, 1.807) is 7.11 Å². The van der Waals surface area contributed by atoms with Crippen LogP contribution < -0.4 is 0 Å². The van der Waals surface area contributed by atoms with Crippen molar-refractivity contribution >= 4 is 12.8 Å². The predicted octanol–water partition coefficient (Wildman–Crippen LogP) is 2.76. The van der Waals surface area contributed by atoms with Crippen molar-refractivity contribution in [1.29, 1.82) is 0 Å². The highest BCUT2D eigenvalue weighted by atomic mass is 16.5. The summed E-state index contributed by atoms with van der Waals surface area (Å²) in [5, 5.41) is 0. The molecule has 0 bridgehead atoms. The largest absolute Gasteiger partial charge is 0.462 e. The molecule has 1 saturated carbocycles. The van der Waals surface area contributed by atoms with Gasteiger partial charge in [-0.15, -0.1) is 0 Å². The summed E-state index contributed by atoms with van der Waals surface area (Å²) in [6, 6.07) is 0. The third-order valence-corrected chi connectivity index (χ3v) is 5.86. The number of fused-ring (bicyclic) bond motifs is 3. The van der Waals surface area contributed by atoms with Gasteiger partial charge in [0, 0.05) is 18.6 Å². The van der Waals surface area contributed by atoms with E-state index >= 15 is 0 Å². The molecular formula is C17H26O4. The van der Waals surface area contributed by atoms with Crippen LogP contribution in [0, 0.1) is 22.7 Å². The van der Waals surface area contributed by atoms with Gasteiger partial charge in [0.2, 0.25) is 0 Å². The Balaban J connectivity index is 0.000000774. The maximum absolute atomic E-state index is 11.8. The molecule has 0 amide bonds. The summed E-state index contributed by atoms with van der Waals surface area (Å²) in [6.07, 6.45) is 5.58. The predicted molar refractivity (Wildman–Crippen MR) is 79.7 cm³/mol. The summed E-state index contributed by atoms with van der Waals surface area (Å²) in [6.45, 7) is 9.59. The summed E-state index contributed by atoms with van der Waals surface area (Å²) in [7, 11) is 1.81. The molecular weight excluding hydrogens is 268 g/mol. The first-order valence-corrected chi connectivity index (χ1v) is 7.57. The average Bonchev–Trinajstić information content (AvgIpc) is 2.82. The summed E-state index contributed by atoms with van der Waals surface area (Å²) >= 11 is 0.